The number of nitrogens with zero attached hydrogens (tertiary/aromatic N) is 7. The number of aryl methyl sites for hydroxylation is 2. The van der Waals surface area contributed by atoms with Crippen molar-refractivity contribution >= 4 is 30.2 Å². The number of nitrogens with two attached hydrogens (primary N) is 1. The number of carbonyl (C=O) groups excluding carboxylic acids is 5. The first kappa shape index (κ1) is 40.7. The third kappa shape index (κ3) is 14.2. The molecule has 4 amide bonds. The maximum atomic E-state index is 12.2. The molecule has 4 N–H and O–H groups in total. The molecule has 2 aromatic rings. The summed E-state index contributed by atoms with van der Waals surface area (Å²) >= 11 is 0. The van der Waals surface area contributed by atoms with Gasteiger partial charge >= 0.3 is 24.2 Å². The molecule has 5 heterocycles. The minimum Gasteiger partial charge on any atom is -0.444 e. The number of rotatable bonds is 8. The van der Waals surface area contributed by atoms with Crippen LogP contribution in [0.4, 0.5) is 14.4 Å². The number of fused-ring (bicyclic) bond motifs is 1. The van der Waals surface area contributed by atoms with E-state index in [4.69, 9.17) is 15.2 Å². The maximum absolute atomic E-state index is 12.2. The van der Waals surface area contributed by atoms with Crippen molar-refractivity contribution in [2.45, 2.75) is 90.8 Å². The van der Waals surface area contributed by atoms with Crippen molar-refractivity contribution in [2.75, 3.05) is 52.4 Å². The van der Waals surface area contributed by atoms with Crippen molar-refractivity contribution in [3.05, 3.63) is 37.4 Å². The fourth-order valence-electron chi connectivity index (χ4n) is 5.03. The number of imidazole rings is 2. The molecule has 2 atom stereocenters. The molecule has 0 spiro atoms. The molecule has 3 fully saturated rings. The molecule has 18 heteroatoms. The summed E-state index contributed by atoms with van der Waals surface area (Å²) in [6, 6.07) is -1.10. The molecule has 3 aliphatic rings. The van der Waals surface area contributed by atoms with Gasteiger partial charge in [-0.1, -0.05) is 0 Å². The second kappa shape index (κ2) is 19.1. The largest absolute Gasteiger partial charge is 0.444 e. The number of amides is 4. The predicted molar refractivity (Wildman–Crippen MR) is 185 cm³/mol. The summed E-state index contributed by atoms with van der Waals surface area (Å²) in [5, 5.41) is 6.05. The van der Waals surface area contributed by atoms with Crippen molar-refractivity contribution in [1.82, 2.24) is 44.4 Å². The molecule has 284 valence electrons. The minimum atomic E-state index is -0.696. The van der Waals surface area contributed by atoms with E-state index in [1.165, 1.54) is 9.80 Å². The zero-order chi connectivity index (χ0) is 37.6. The number of ether oxygens (including phenoxy) is 3. The van der Waals surface area contributed by atoms with Crippen LogP contribution in [0, 0.1) is 0 Å². The highest BCUT2D eigenvalue weighted by molar-refractivity contribution is 5.96. The maximum Gasteiger partial charge on any atom is 0.418 e. The van der Waals surface area contributed by atoms with Crippen LogP contribution in [0.15, 0.2) is 37.4 Å². The predicted octanol–water partition coefficient (Wildman–Crippen LogP) is 1.41. The van der Waals surface area contributed by atoms with Crippen molar-refractivity contribution in [3.8, 4) is 0 Å². The molecule has 0 saturated carbocycles. The molecule has 0 radical (unpaired) electrons. The van der Waals surface area contributed by atoms with Crippen LogP contribution >= 0.6 is 0 Å². The number of esters is 1. The van der Waals surface area contributed by atoms with Crippen LogP contribution < -0.4 is 16.4 Å². The second-order valence-corrected chi connectivity index (χ2v) is 14.1. The van der Waals surface area contributed by atoms with Crippen molar-refractivity contribution in [2.24, 2.45) is 5.73 Å². The summed E-state index contributed by atoms with van der Waals surface area (Å²) in [5.41, 5.74) is 4.19. The molecule has 51 heavy (non-hydrogen) atoms. The van der Waals surface area contributed by atoms with E-state index in [1.54, 1.807) is 50.7 Å². The van der Waals surface area contributed by atoms with Crippen LogP contribution in [0.3, 0.4) is 0 Å². The van der Waals surface area contributed by atoms with E-state index in [9.17, 15) is 24.0 Å². The number of aromatic nitrogens is 4. The highest BCUT2D eigenvalue weighted by Gasteiger charge is 2.46. The van der Waals surface area contributed by atoms with Gasteiger partial charge < -0.3 is 49.5 Å². The first-order valence-corrected chi connectivity index (χ1v) is 17.2. The van der Waals surface area contributed by atoms with E-state index in [2.05, 4.69) is 25.3 Å². The summed E-state index contributed by atoms with van der Waals surface area (Å²) in [6.07, 6.45) is 11.3. The lowest BCUT2D eigenvalue weighted by Crippen LogP contribution is -2.58. The van der Waals surface area contributed by atoms with Crippen molar-refractivity contribution in [3.63, 3.8) is 0 Å². The Morgan fingerprint density at radius 2 is 1.45 bits per heavy atom. The average Bonchev–Trinajstić information content (AvgIpc) is 3.84. The molecule has 0 bridgehead atoms. The Kier molecular flexibility index (Phi) is 15.2. The molecule has 0 aromatic carbocycles. The number of nitrogens with one attached hydrogen (secondary N) is 2. The fraction of sp³-hybridized carbons (Fsp3) is 0.667. The quantitative estimate of drug-likeness (QED) is 0.153. The van der Waals surface area contributed by atoms with Crippen LogP contribution in [0.25, 0.3) is 0 Å². The highest BCUT2D eigenvalue weighted by Crippen LogP contribution is 2.21. The Hall–Kier alpha value is -4.71. The molecule has 18 nitrogen and oxygen atoms in total. The van der Waals surface area contributed by atoms with Crippen LogP contribution in [0.5, 0.6) is 0 Å². The van der Waals surface area contributed by atoms with E-state index in [0.29, 0.717) is 32.7 Å². The third-order valence-electron chi connectivity index (χ3n) is 7.50. The van der Waals surface area contributed by atoms with Gasteiger partial charge in [-0.3, -0.25) is 9.69 Å². The van der Waals surface area contributed by atoms with Gasteiger partial charge in [0.05, 0.1) is 19.2 Å². The lowest BCUT2D eigenvalue weighted by molar-refractivity contribution is -0.136. The van der Waals surface area contributed by atoms with Crippen LogP contribution in [0.1, 0.15) is 54.4 Å². The summed E-state index contributed by atoms with van der Waals surface area (Å²) in [4.78, 5) is 71.1. The van der Waals surface area contributed by atoms with Crippen LogP contribution in [0.2, 0.25) is 0 Å². The minimum absolute atomic E-state index is 0.0890. The highest BCUT2D eigenvalue weighted by atomic mass is 16.6. The summed E-state index contributed by atoms with van der Waals surface area (Å²) in [7, 11) is 0. The topological polar surface area (TPSA) is 208 Å². The van der Waals surface area contributed by atoms with Gasteiger partial charge in [0.2, 0.25) is 5.91 Å². The van der Waals surface area contributed by atoms with E-state index < -0.39 is 41.4 Å². The van der Waals surface area contributed by atoms with Gasteiger partial charge in [-0.2, -0.15) is 0 Å². The Bertz CT molecular complexity index is 1410. The van der Waals surface area contributed by atoms with Gasteiger partial charge in [-0.15, -0.1) is 0 Å². The van der Waals surface area contributed by atoms with Gasteiger partial charge in [0.15, 0.2) is 6.04 Å². The van der Waals surface area contributed by atoms with Gasteiger partial charge in [0.1, 0.15) is 17.2 Å². The third-order valence-corrected chi connectivity index (χ3v) is 7.50. The van der Waals surface area contributed by atoms with Crippen molar-refractivity contribution < 1.29 is 38.2 Å². The van der Waals surface area contributed by atoms with Gasteiger partial charge in [-0.25, -0.2) is 29.1 Å². The Morgan fingerprint density at radius 3 is 1.98 bits per heavy atom. The van der Waals surface area contributed by atoms with E-state index in [1.807, 2.05) is 42.3 Å². The van der Waals surface area contributed by atoms with Crippen LogP contribution in [-0.4, -0.2) is 140 Å². The van der Waals surface area contributed by atoms with Gasteiger partial charge in [0.25, 0.3) is 0 Å². The monoisotopic (exact) mass is 718 g/mol. The molecule has 2 aromatic heterocycles. The zero-order valence-corrected chi connectivity index (χ0v) is 30.6. The Morgan fingerprint density at radius 1 is 0.882 bits per heavy atom. The molecule has 5 rings (SSSR count). The standard InChI is InChI=1S/C16H27N5O3.C11H16N2O5.C6H11N3/c1-16(2,3)24-15(23)21-10-7-18-13(11-21)14(22)19-5-4-8-20-9-6-17-12-20;1-11(2,3)18-9(15)12-4-5-13-7(6-12)8(14)17-10(13)16;7-2-1-4-9-5-3-8-6-9/h6,9,12-13,18H,4-5,7-8,10-11H2,1-3H3,(H,19,22);7H,4-6H2,1-3H3;3,5-6H,1-2,4,7H2/t13-;7-;/m11./s1. The van der Waals surface area contributed by atoms with Gasteiger partial charge in [0, 0.05) is 77.1 Å². The normalized spacial score (nSPS) is 18.8. The molecule has 3 saturated heterocycles. The number of hydrogen-bond acceptors (Lipinski definition) is 12. The average molecular weight is 719 g/mol. The lowest BCUT2D eigenvalue weighted by Gasteiger charge is -2.35. The smallest absolute Gasteiger partial charge is 0.418 e. The van der Waals surface area contributed by atoms with Crippen LogP contribution in [-0.2, 0) is 36.9 Å². The number of hydrogen-bond donors (Lipinski definition) is 3. The Balaban J connectivity index is 0.000000227. The first-order valence-electron chi connectivity index (χ1n) is 17.2. The fourth-order valence-corrected chi connectivity index (χ4v) is 5.03. The molecule has 0 unspecified atom stereocenters. The van der Waals surface area contributed by atoms with Gasteiger partial charge in [-0.05, 0) is 60.9 Å². The summed E-state index contributed by atoms with van der Waals surface area (Å²) < 4.78 is 19.1. The molecule has 3 aliphatic heterocycles. The second-order valence-electron chi connectivity index (χ2n) is 14.1. The Labute approximate surface area is 298 Å². The van der Waals surface area contributed by atoms with E-state index in [0.717, 1.165) is 32.5 Å². The number of cyclic esters (lactones) is 2. The summed E-state index contributed by atoms with van der Waals surface area (Å²) in [5.74, 6) is -0.692. The number of carbonyl (C=O) groups is 5. The number of piperazine rings is 2. The lowest BCUT2D eigenvalue weighted by atomic mass is 10.2. The molecular weight excluding hydrogens is 664 g/mol. The molecule has 0 aliphatic carbocycles. The van der Waals surface area contributed by atoms with E-state index >= 15 is 0 Å². The molecular formula is C33H54N10O8. The van der Waals surface area contributed by atoms with E-state index in [-0.39, 0.29) is 25.1 Å². The SMILES string of the molecule is CC(C)(C)OC(=O)N1CCN2C(=O)OC(=O)[C@H]2C1.CC(C)(C)OC(=O)N1CCN[C@@H](C(=O)NCCCn2ccnc2)C1.NCCCn1ccnc1. The van der Waals surface area contributed by atoms with Crippen molar-refractivity contribution in [1.29, 1.82) is 0 Å². The zero-order valence-electron chi connectivity index (χ0n) is 30.6. The summed E-state index contributed by atoms with van der Waals surface area (Å²) in [6.45, 7) is 16.1. The first-order chi connectivity index (χ1) is 24.1.